The number of nitrogens with one attached hydrogen (secondary N) is 1. The zero-order valence-corrected chi connectivity index (χ0v) is 9.01. The zero-order valence-electron chi connectivity index (χ0n) is 8.20. The van der Waals surface area contributed by atoms with Crippen LogP contribution in [0.3, 0.4) is 0 Å². The topological polar surface area (TPSA) is 72.5 Å². The first-order valence-electron chi connectivity index (χ1n) is 3.83. The second kappa shape index (κ2) is 4.57. The minimum Gasteiger partial charge on any atom is -0.468 e. The van der Waals surface area contributed by atoms with Crippen molar-refractivity contribution in [1.29, 1.82) is 0 Å². The van der Waals surface area contributed by atoms with Crippen LogP contribution in [0.1, 0.15) is 13.8 Å². The average Bonchev–Trinajstić information content (AvgIpc) is 1.96. The second-order valence-electron chi connectivity index (χ2n) is 3.13. The molecule has 0 amide bonds. The summed E-state index contributed by atoms with van der Waals surface area (Å²) in [6.45, 7) is 3.47. The van der Waals surface area contributed by atoms with E-state index in [0.717, 1.165) is 6.26 Å². The maximum absolute atomic E-state index is 11.1. The molecule has 0 bridgehead atoms. The standard InChI is InChI=1S/C7H15NO4S/c1-5(2)6(7(9)12-3)8-13(4,10)11/h5-6,8H,1-4H3. The fraction of sp³-hybridized carbons (Fsp3) is 0.857. The predicted molar refractivity (Wildman–Crippen MR) is 48.6 cm³/mol. The lowest BCUT2D eigenvalue weighted by atomic mass is 10.1. The Morgan fingerprint density at radius 2 is 1.85 bits per heavy atom. The first-order chi connectivity index (χ1) is 5.78. The largest absolute Gasteiger partial charge is 0.468 e. The van der Waals surface area contributed by atoms with E-state index in [0.29, 0.717) is 0 Å². The van der Waals surface area contributed by atoms with Crippen LogP contribution in [0, 0.1) is 5.92 Å². The maximum Gasteiger partial charge on any atom is 0.324 e. The van der Waals surface area contributed by atoms with Gasteiger partial charge in [0.05, 0.1) is 13.4 Å². The van der Waals surface area contributed by atoms with Gasteiger partial charge in [0.15, 0.2) is 0 Å². The molecule has 0 saturated carbocycles. The molecule has 0 aliphatic carbocycles. The molecule has 0 aromatic heterocycles. The van der Waals surface area contributed by atoms with E-state index in [1.165, 1.54) is 7.11 Å². The van der Waals surface area contributed by atoms with E-state index in [1.54, 1.807) is 13.8 Å². The number of esters is 1. The molecule has 0 rings (SSSR count). The Labute approximate surface area is 78.5 Å². The predicted octanol–water partition coefficient (Wildman–Crippen LogP) is -0.267. The van der Waals surface area contributed by atoms with Crippen molar-refractivity contribution in [2.75, 3.05) is 13.4 Å². The van der Waals surface area contributed by atoms with Gasteiger partial charge in [-0.25, -0.2) is 13.1 Å². The van der Waals surface area contributed by atoms with Crippen LogP contribution >= 0.6 is 0 Å². The van der Waals surface area contributed by atoms with E-state index in [1.807, 2.05) is 0 Å². The van der Waals surface area contributed by atoms with Gasteiger partial charge in [0, 0.05) is 0 Å². The number of hydrogen-bond donors (Lipinski definition) is 1. The molecule has 0 aliphatic heterocycles. The van der Waals surface area contributed by atoms with Crippen LogP contribution in [0.2, 0.25) is 0 Å². The quantitative estimate of drug-likeness (QED) is 0.647. The van der Waals surface area contributed by atoms with Crippen LogP contribution in [0.25, 0.3) is 0 Å². The van der Waals surface area contributed by atoms with E-state index in [4.69, 9.17) is 0 Å². The third-order valence-electron chi connectivity index (χ3n) is 1.46. The molecule has 78 valence electrons. The van der Waals surface area contributed by atoms with Crippen LogP contribution in [0.15, 0.2) is 0 Å². The van der Waals surface area contributed by atoms with Gasteiger partial charge in [-0.3, -0.25) is 4.79 Å². The van der Waals surface area contributed by atoms with Crippen LogP contribution in [0.4, 0.5) is 0 Å². The van der Waals surface area contributed by atoms with E-state index < -0.39 is 22.0 Å². The van der Waals surface area contributed by atoms with Gasteiger partial charge in [-0.05, 0) is 5.92 Å². The molecule has 1 atom stereocenters. The first kappa shape index (κ1) is 12.4. The molecule has 6 heteroatoms. The normalized spacial score (nSPS) is 14.2. The van der Waals surface area contributed by atoms with E-state index in [9.17, 15) is 13.2 Å². The van der Waals surface area contributed by atoms with Gasteiger partial charge in [-0.15, -0.1) is 0 Å². The molecule has 0 saturated heterocycles. The summed E-state index contributed by atoms with van der Waals surface area (Å²) in [5.74, 6) is -0.706. The second-order valence-corrected chi connectivity index (χ2v) is 4.91. The number of ether oxygens (including phenoxy) is 1. The third-order valence-corrected chi connectivity index (χ3v) is 2.14. The van der Waals surface area contributed by atoms with Crippen molar-refractivity contribution in [3.8, 4) is 0 Å². The summed E-state index contributed by atoms with van der Waals surface area (Å²) in [5.41, 5.74) is 0. The van der Waals surface area contributed by atoms with Gasteiger partial charge in [-0.2, -0.15) is 0 Å². The minimum atomic E-state index is -3.37. The molecule has 5 nitrogen and oxygen atoms in total. The Bertz CT molecular complexity index is 270. The Balaban J connectivity index is 4.55. The van der Waals surface area contributed by atoms with Crippen LogP contribution in [-0.4, -0.2) is 33.8 Å². The number of carbonyl (C=O) groups excluding carboxylic acids is 1. The summed E-state index contributed by atoms with van der Waals surface area (Å²) in [6.07, 6.45) is 1.01. The van der Waals surface area contributed by atoms with Crippen molar-refractivity contribution < 1.29 is 17.9 Å². The Kier molecular flexibility index (Phi) is 4.35. The summed E-state index contributed by atoms with van der Waals surface area (Å²) in [6, 6.07) is -0.806. The Hall–Kier alpha value is -0.620. The van der Waals surface area contributed by atoms with Crippen molar-refractivity contribution in [1.82, 2.24) is 4.72 Å². The highest BCUT2D eigenvalue weighted by molar-refractivity contribution is 7.88. The van der Waals surface area contributed by atoms with Crippen molar-refractivity contribution in [3.63, 3.8) is 0 Å². The Morgan fingerprint density at radius 3 is 2.08 bits per heavy atom. The molecule has 1 unspecified atom stereocenters. The highest BCUT2D eigenvalue weighted by Gasteiger charge is 2.25. The summed E-state index contributed by atoms with van der Waals surface area (Å²) >= 11 is 0. The lowest BCUT2D eigenvalue weighted by Gasteiger charge is -2.18. The molecule has 0 spiro atoms. The van der Waals surface area contributed by atoms with Gasteiger partial charge in [-0.1, -0.05) is 13.8 Å². The smallest absolute Gasteiger partial charge is 0.324 e. The van der Waals surface area contributed by atoms with Crippen LogP contribution < -0.4 is 4.72 Å². The maximum atomic E-state index is 11.1. The number of carbonyl (C=O) groups is 1. The molecule has 1 N–H and O–H groups in total. The van der Waals surface area contributed by atoms with Gasteiger partial charge < -0.3 is 4.74 Å². The van der Waals surface area contributed by atoms with Crippen LogP contribution in [-0.2, 0) is 19.6 Å². The number of hydrogen-bond acceptors (Lipinski definition) is 4. The molecule has 13 heavy (non-hydrogen) atoms. The summed E-state index contributed by atoms with van der Waals surface area (Å²) in [5, 5.41) is 0. The van der Waals surface area contributed by atoms with Crippen molar-refractivity contribution in [3.05, 3.63) is 0 Å². The van der Waals surface area contributed by atoms with Gasteiger partial charge in [0.2, 0.25) is 10.0 Å². The van der Waals surface area contributed by atoms with E-state index in [2.05, 4.69) is 9.46 Å². The number of sulfonamides is 1. The molecule has 0 radical (unpaired) electrons. The molecule has 0 aromatic rings. The molecule has 0 aliphatic rings. The van der Waals surface area contributed by atoms with Gasteiger partial charge in [0.25, 0.3) is 0 Å². The molecule has 0 aromatic carbocycles. The molecular weight excluding hydrogens is 194 g/mol. The number of methoxy groups -OCH3 is 1. The van der Waals surface area contributed by atoms with Gasteiger partial charge >= 0.3 is 5.97 Å². The van der Waals surface area contributed by atoms with Crippen molar-refractivity contribution in [2.24, 2.45) is 5.92 Å². The fourth-order valence-corrected chi connectivity index (χ4v) is 1.64. The highest BCUT2D eigenvalue weighted by Crippen LogP contribution is 2.04. The first-order valence-corrected chi connectivity index (χ1v) is 5.72. The fourth-order valence-electron chi connectivity index (χ4n) is 0.814. The average molecular weight is 209 g/mol. The monoisotopic (exact) mass is 209 g/mol. The highest BCUT2D eigenvalue weighted by atomic mass is 32.2. The molecular formula is C7H15NO4S. The number of rotatable bonds is 4. The van der Waals surface area contributed by atoms with E-state index in [-0.39, 0.29) is 5.92 Å². The van der Waals surface area contributed by atoms with Crippen molar-refractivity contribution >= 4 is 16.0 Å². The van der Waals surface area contributed by atoms with Gasteiger partial charge in [0.1, 0.15) is 6.04 Å². The molecule has 0 fully saturated rings. The zero-order chi connectivity index (χ0) is 10.6. The van der Waals surface area contributed by atoms with E-state index >= 15 is 0 Å². The summed E-state index contributed by atoms with van der Waals surface area (Å²) < 4.78 is 28.4. The SMILES string of the molecule is COC(=O)C(NS(C)(=O)=O)C(C)C. The van der Waals surface area contributed by atoms with Crippen LogP contribution in [0.5, 0.6) is 0 Å². The third kappa shape index (κ3) is 4.84. The summed E-state index contributed by atoms with van der Waals surface area (Å²) in [7, 11) is -2.15. The van der Waals surface area contributed by atoms with Crippen molar-refractivity contribution in [2.45, 2.75) is 19.9 Å². The summed E-state index contributed by atoms with van der Waals surface area (Å²) in [4.78, 5) is 11.1. The minimum absolute atomic E-state index is 0.137. The Morgan fingerprint density at radius 1 is 1.38 bits per heavy atom. The lowest BCUT2D eigenvalue weighted by molar-refractivity contribution is -0.143. The molecule has 0 heterocycles. The lowest BCUT2D eigenvalue weighted by Crippen LogP contribution is -2.44.